The number of ether oxygens (including phenoxy) is 1. The normalized spacial score (nSPS) is 21.7. The summed E-state index contributed by atoms with van der Waals surface area (Å²) in [5.74, 6) is -2.28. The van der Waals surface area contributed by atoms with Crippen LogP contribution in [0.15, 0.2) is 5.11 Å². The van der Waals surface area contributed by atoms with E-state index in [0.717, 1.165) is 5.06 Å². The van der Waals surface area contributed by atoms with Crippen molar-refractivity contribution < 1.29 is 27.5 Å². The molecule has 0 aromatic carbocycles. The van der Waals surface area contributed by atoms with Crippen LogP contribution in [0.1, 0.15) is 0 Å². The fourth-order valence-corrected chi connectivity index (χ4v) is 1.18. The molecule has 1 fully saturated rings. The summed E-state index contributed by atoms with van der Waals surface area (Å²) in [6.45, 7) is 0.0305. The second-order valence-corrected chi connectivity index (χ2v) is 3.17. The summed E-state index contributed by atoms with van der Waals surface area (Å²) in [7, 11) is 0. The standard InChI is InChI=1S/C7H9F3N4O3/c8-7(9,10)6(15)17-14-1-2-16-5(4-14)3-12-13-11/h5H,1-4H2/t5-/m1/s1. The van der Waals surface area contributed by atoms with E-state index in [1.54, 1.807) is 0 Å². The van der Waals surface area contributed by atoms with E-state index < -0.39 is 18.2 Å². The first-order valence-electron chi connectivity index (χ1n) is 4.60. The summed E-state index contributed by atoms with van der Waals surface area (Å²) in [6.07, 6.45) is -5.61. The molecule has 1 heterocycles. The van der Waals surface area contributed by atoms with E-state index in [-0.39, 0.29) is 26.2 Å². The van der Waals surface area contributed by atoms with Crippen molar-refractivity contribution in [1.29, 1.82) is 0 Å². The minimum Gasteiger partial charge on any atom is -0.375 e. The van der Waals surface area contributed by atoms with Crippen molar-refractivity contribution in [2.24, 2.45) is 5.11 Å². The molecule has 1 atom stereocenters. The smallest absolute Gasteiger partial charge is 0.375 e. The molecule has 7 nitrogen and oxygen atoms in total. The molecule has 0 spiro atoms. The van der Waals surface area contributed by atoms with Gasteiger partial charge in [-0.25, -0.2) is 4.79 Å². The summed E-state index contributed by atoms with van der Waals surface area (Å²) >= 11 is 0. The summed E-state index contributed by atoms with van der Waals surface area (Å²) in [5.41, 5.74) is 8.07. The molecule has 96 valence electrons. The molecule has 1 rings (SSSR count). The van der Waals surface area contributed by atoms with E-state index >= 15 is 0 Å². The zero-order valence-corrected chi connectivity index (χ0v) is 8.55. The van der Waals surface area contributed by atoms with Crippen molar-refractivity contribution in [2.45, 2.75) is 12.3 Å². The van der Waals surface area contributed by atoms with Gasteiger partial charge >= 0.3 is 12.1 Å². The average molecular weight is 254 g/mol. The number of carbonyl (C=O) groups excluding carboxylic acids is 1. The van der Waals surface area contributed by atoms with Crippen molar-refractivity contribution >= 4 is 5.97 Å². The SMILES string of the molecule is [N-]=[N+]=NC[C@@H]1CN(OC(=O)C(F)(F)F)CCO1. The Labute approximate surface area is 93.7 Å². The van der Waals surface area contributed by atoms with Crippen molar-refractivity contribution in [1.82, 2.24) is 5.06 Å². The van der Waals surface area contributed by atoms with Crippen LogP contribution in [0.5, 0.6) is 0 Å². The number of rotatable bonds is 3. The van der Waals surface area contributed by atoms with Gasteiger partial charge in [0.1, 0.15) is 0 Å². The number of halogens is 3. The van der Waals surface area contributed by atoms with Crippen LogP contribution in [0.4, 0.5) is 13.2 Å². The fourth-order valence-electron chi connectivity index (χ4n) is 1.18. The number of hydrogen-bond donors (Lipinski definition) is 0. The third kappa shape index (κ3) is 4.47. The third-order valence-electron chi connectivity index (χ3n) is 1.89. The minimum atomic E-state index is -5.03. The Balaban J connectivity index is 2.44. The predicted octanol–water partition coefficient (Wildman–Crippen LogP) is 1.02. The highest BCUT2D eigenvalue weighted by Gasteiger charge is 2.43. The topological polar surface area (TPSA) is 87.5 Å². The van der Waals surface area contributed by atoms with Gasteiger partial charge in [-0.1, -0.05) is 5.11 Å². The van der Waals surface area contributed by atoms with Crippen LogP contribution in [-0.2, 0) is 14.4 Å². The van der Waals surface area contributed by atoms with Crippen LogP contribution >= 0.6 is 0 Å². The van der Waals surface area contributed by atoms with Crippen molar-refractivity contribution in [3.05, 3.63) is 10.4 Å². The first-order valence-corrected chi connectivity index (χ1v) is 4.60. The average Bonchev–Trinajstić information content (AvgIpc) is 2.25. The molecule has 0 aromatic heterocycles. The molecule has 1 saturated heterocycles. The van der Waals surface area contributed by atoms with Crippen LogP contribution in [0.2, 0.25) is 0 Å². The number of azide groups is 1. The maximum atomic E-state index is 11.9. The van der Waals surface area contributed by atoms with Gasteiger partial charge in [-0.2, -0.15) is 13.2 Å². The molecule has 0 aliphatic carbocycles. The molecular weight excluding hydrogens is 245 g/mol. The monoisotopic (exact) mass is 254 g/mol. The maximum absolute atomic E-state index is 11.9. The summed E-state index contributed by atoms with van der Waals surface area (Å²) < 4.78 is 40.8. The molecule has 0 aromatic rings. The lowest BCUT2D eigenvalue weighted by atomic mass is 10.3. The van der Waals surface area contributed by atoms with Gasteiger partial charge in [-0.05, 0) is 5.53 Å². The predicted molar refractivity (Wildman–Crippen MR) is 47.5 cm³/mol. The number of nitrogens with zero attached hydrogens (tertiary/aromatic N) is 4. The molecule has 0 amide bonds. The second kappa shape index (κ2) is 5.71. The Morgan fingerprint density at radius 1 is 1.65 bits per heavy atom. The molecule has 1 aliphatic heterocycles. The van der Waals surface area contributed by atoms with Gasteiger partial charge < -0.3 is 9.57 Å². The molecular formula is C7H9F3N4O3. The fraction of sp³-hybridized carbons (Fsp3) is 0.857. The van der Waals surface area contributed by atoms with Gasteiger partial charge in [0.25, 0.3) is 0 Å². The van der Waals surface area contributed by atoms with E-state index in [2.05, 4.69) is 14.9 Å². The lowest BCUT2D eigenvalue weighted by molar-refractivity contribution is -0.252. The number of hydrogen-bond acceptors (Lipinski definition) is 5. The Morgan fingerprint density at radius 3 is 2.94 bits per heavy atom. The van der Waals surface area contributed by atoms with Crippen LogP contribution in [-0.4, -0.2) is 49.6 Å². The largest absolute Gasteiger partial charge is 0.492 e. The Kier molecular flexibility index (Phi) is 4.55. The molecule has 0 saturated carbocycles. The first kappa shape index (κ1) is 13.6. The lowest BCUT2D eigenvalue weighted by Crippen LogP contribution is -2.46. The molecule has 1 aliphatic rings. The highest BCUT2D eigenvalue weighted by atomic mass is 19.4. The summed E-state index contributed by atoms with van der Waals surface area (Å²) in [5, 5.41) is 4.07. The number of hydroxylamine groups is 2. The van der Waals surface area contributed by atoms with Crippen molar-refractivity contribution in [3.8, 4) is 0 Å². The van der Waals surface area contributed by atoms with Crippen LogP contribution in [0.25, 0.3) is 10.4 Å². The van der Waals surface area contributed by atoms with Crippen LogP contribution in [0.3, 0.4) is 0 Å². The molecule has 0 bridgehead atoms. The van der Waals surface area contributed by atoms with E-state index in [9.17, 15) is 18.0 Å². The number of carbonyl (C=O) groups is 1. The van der Waals surface area contributed by atoms with Crippen molar-refractivity contribution in [3.63, 3.8) is 0 Å². The van der Waals surface area contributed by atoms with Gasteiger partial charge in [0.05, 0.1) is 32.3 Å². The summed E-state index contributed by atoms with van der Waals surface area (Å²) in [6, 6.07) is 0. The van der Waals surface area contributed by atoms with Crippen LogP contribution < -0.4 is 0 Å². The quantitative estimate of drug-likeness (QED) is 0.427. The second-order valence-electron chi connectivity index (χ2n) is 3.17. The highest BCUT2D eigenvalue weighted by Crippen LogP contribution is 2.18. The number of alkyl halides is 3. The van der Waals surface area contributed by atoms with E-state index in [4.69, 9.17) is 10.3 Å². The highest BCUT2D eigenvalue weighted by molar-refractivity contribution is 5.75. The molecule has 0 unspecified atom stereocenters. The Bertz CT molecular complexity index is 329. The molecule has 0 N–H and O–H groups in total. The van der Waals surface area contributed by atoms with Gasteiger partial charge in [0, 0.05) is 4.91 Å². The van der Waals surface area contributed by atoms with Gasteiger partial charge in [-0.3, -0.25) is 0 Å². The molecule has 10 heteroatoms. The van der Waals surface area contributed by atoms with Crippen molar-refractivity contribution in [2.75, 3.05) is 26.2 Å². The van der Waals surface area contributed by atoms with Crippen LogP contribution in [0, 0.1) is 0 Å². The summed E-state index contributed by atoms with van der Waals surface area (Å²) in [4.78, 5) is 17.2. The maximum Gasteiger partial charge on any atom is 0.492 e. The minimum absolute atomic E-state index is 0.0312. The Hall–Kier alpha value is -1.51. The van der Waals surface area contributed by atoms with E-state index in [1.165, 1.54) is 0 Å². The third-order valence-corrected chi connectivity index (χ3v) is 1.89. The lowest BCUT2D eigenvalue weighted by Gasteiger charge is -2.30. The molecule has 17 heavy (non-hydrogen) atoms. The zero-order chi connectivity index (χ0) is 12.9. The Morgan fingerprint density at radius 2 is 2.35 bits per heavy atom. The van der Waals surface area contributed by atoms with Gasteiger partial charge in [0.2, 0.25) is 0 Å². The molecule has 0 radical (unpaired) electrons. The first-order chi connectivity index (χ1) is 7.93. The zero-order valence-electron chi connectivity index (χ0n) is 8.55. The van der Waals surface area contributed by atoms with Gasteiger partial charge in [-0.15, -0.1) is 5.06 Å². The van der Waals surface area contributed by atoms with E-state index in [1.807, 2.05) is 0 Å². The van der Waals surface area contributed by atoms with Gasteiger partial charge in [0.15, 0.2) is 0 Å². The van der Waals surface area contributed by atoms with E-state index in [0.29, 0.717) is 0 Å². The number of morpholine rings is 1.